The molecule has 0 bridgehead atoms. The summed E-state index contributed by atoms with van der Waals surface area (Å²) >= 11 is 5.78. The van der Waals surface area contributed by atoms with E-state index in [0.29, 0.717) is 5.38 Å². The molecule has 0 aliphatic heterocycles. The molecule has 2 unspecified atom stereocenters. The molecule has 1 rings (SSSR count). The van der Waals surface area contributed by atoms with Crippen LogP contribution >= 0.6 is 11.6 Å². The maximum Gasteiger partial charge on any atom is 0.0367 e. The largest absolute Gasteiger partial charge is 0.123 e. The highest BCUT2D eigenvalue weighted by Gasteiger charge is 2.26. The van der Waals surface area contributed by atoms with Gasteiger partial charge in [-0.05, 0) is 25.2 Å². The van der Waals surface area contributed by atoms with E-state index in [1.54, 1.807) is 0 Å². The molecular formula is C6H10Cl. The first kappa shape index (κ1) is 5.43. The van der Waals surface area contributed by atoms with E-state index >= 15 is 0 Å². The Morgan fingerprint density at radius 1 is 1.57 bits per heavy atom. The van der Waals surface area contributed by atoms with E-state index in [1.165, 1.54) is 12.8 Å². The van der Waals surface area contributed by atoms with Crippen molar-refractivity contribution in [3.63, 3.8) is 0 Å². The molecule has 0 heterocycles. The summed E-state index contributed by atoms with van der Waals surface area (Å²) in [5.41, 5.74) is 0. The van der Waals surface area contributed by atoms with Gasteiger partial charge in [-0.15, -0.1) is 11.6 Å². The third kappa shape index (κ3) is 0.908. The number of rotatable bonds is 1. The van der Waals surface area contributed by atoms with Crippen LogP contribution in [0.5, 0.6) is 0 Å². The van der Waals surface area contributed by atoms with Gasteiger partial charge in [-0.3, -0.25) is 0 Å². The highest BCUT2D eigenvalue weighted by molar-refractivity contribution is 6.21. The molecule has 0 aromatic heterocycles. The van der Waals surface area contributed by atoms with Gasteiger partial charge in [0.05, 0.1) is 0 Å². The van der Waals surface area contributed by atoms with E-state index in [-0.39, 0.29) is 0 Å². The molecule has 1 radical (unpaired) electrons. The van der Waals surface area contributed by atoms with Crippen molar-refractivity contribution >= 4 is 11.6 Å². The fourth-order valence-electron chi connectivity index (χ4n) is 0.861. The third-order valence-electron chi connectivity index (χ3n) is 1.67. The van der Waals surface area contributed by atoms with Crippen LogP contribution in [0.4, 0.5) is 0 Å². The van der Waals surface area contributed by atoms with Crippen LogP contribution in [-0.4, -0.2) is 5.38 Å². The predicted octanol–water partition coefficient (Wildman–Crippen LogP) is 2.23. The first-order valence-corrected chi connectivity index (χ1v) is 3.22. The summed E-state index contributed by atoms with van der Waals surface area (Å²) in [7, 11) is 0. The van der Waals surface area contributed by atoms with Crippen molar-refractivity contribution in [3.05, 3.63) is 6.42 Å². The van der Waals surface area contributed by atoms with Gasteiger partial charge < -0.3 is 0 Å². The smallest absolute Gasteiger partial charge is 0.0367 e. The molecule has 7 heavy (non-hydrogen) atoms. The number of hydrogen-bond acceptors (Lipinski definition) is 0. The molecule has 0 nitrogen and oxygen atoms in total. The second-order valence-electron chi connectivity index (χ2n) is 2.09. The van der Waals surface area contributed by atoms with E-state index in [4.69, 9.17) is 11.6 Å². The normalized spacial score (nSPS) is 40.3. The minimum atomic E-state index is 0.463. The maximum absolute atomic E-state index is 5.78. The molecule has 1 heteroatoms. The van der Waals surface area contributed by atoms with Gasteiger partial charge in [0.15, 0.2) is 0 Å². The monoisotopic (exact) mass is 117 g/mol. The lowest BCUT2D eigenvalue weighted by Gasteiger charge is -2.30. The summed E-state index contributed by atoms with van der Waals surface area (Å²) in [6.45, 7) is 2.08. The van der Waals surface area contributed by atoms with Crippen molar-refractivity contribution < 1.29 is 0 Å². The van der Waals surface area contributed by atoms with Crippen LogP contribution in [0.1, 0.15) is 19.8 Å². The second-order valence-corrected chi connectivity index (χ2v) is 2.65. The Balaban J connectivity index is 2.16. The van der Waals surface area contributed by atoms with Crippen LogP contribution < -0.4 is 0 Å². The third-order valence-corrected chi connectivity index (χ3v) is 2.21. The van der Waals surface area contributed by atoms with Crippen molar-refractivity contribution in [3.8, 4) is 0 Å². The lowest BCUT2D eigenvalue weighted by molar-refractivity contribution is 0.373. The van der Waals surface area contributed by atoms with Crippen molar-refractivity contribution in [1.82, 2.24) is 0 Å². The Morgan fingerprint density at radius 2 is 2.29 bits per heavy atom. The zero-order chi connectivity index (χ0) is 5.28. The second kappa shape index (κ2) is 2.04. The van der Waals surface area contributed by atoms with E-state index in [1.807, 2.05) is 0 Å². The fourth-order valence-corrected chi connectivity index (χ4v) is 1.26. The van der Waals surface area contributed by atoms with E-state index < -0.39 is 0 Å². The van der Waals surface area contributed by atoms with E-state index in [2.05, 4.69) is 13.3 Å². The standard InChI is InChI=1S/C6H10Cl/c1-2-5-3-4-6(5)7/h2,5-6H,3-4H2,1H3. The Hall–Kier alpha value is 0.290. The SMILES string of the molecule is C[CH]C1CCC1Cl. The van der Waals surface area contributed by atoms with E-state index in [9.17, 15) is 0 Å². The fraction of sp³-hybridized carbons (Fsp3) is 0.833. The minimum Gasteiger partial charge on any atom is -0.123 e. The van der Waals surface area contributed by atoms with Crippen LogP contribution in [0.25, 0.3) is 0 Å². The number of hydrogen-bond donors (Lipinski definition) is 0. The Labute approximate surface area is 49.9 Å². The predicted molar refractivity (Wildman–Crippen MR) is 32.3 cm³/mol. The average molecular weight is 118 g/mol. The van der Waals surface area contributed by atoms with Crippen molar-refractivity contribution in [2.45, 2.75) is 25.1 Å². The number of alkyl halides is 1. The molecule has 1 fully saturated rings. The first-order valence-electron chi connectivity index (χ1n) is 2.78. The summed E-state index contributed by atoms with van der Waals surface area (Å²) in [4.78, 5) is 0. The summed E-state index contributed by atoms with van der Waals surface area (Å²) in [5.74, 6) is 0.724. The quantitative estimate of drug-likeness (QED) is 0.462. The molecule has 0 spiro atoms. The average Bonchev–Trinajstić information content (AvgIpc) is 1.65. The topological polar surface area (TPSA) is 0 Å². The van der Waals surface area contributed by atoms with Gasteiger partial charge >= 0.3 is 0 Å². The van der Waals surface area contributed by atoms with Crippen molar-refractivity contribution in [1.29, 1.82) is 0 Å². The number of halogens is 1. The maximum atomic E-state index is 5.78. The molecule has 1 saturated carbocycles. The summed E-state index contributed by atoms with van der Waals surface area (Å²) in [6.07, 6.45) is 4.72. The van der Waals surface area contributed by atoms with Gasteiger partial charge in [0.1, 0.15) is 0 Å². The Morgan fingerprint density at radius 3 is 2.29 bits per heavy atom. The van der Waals surface area contributed by atoms with Crippen LogP contribution in [0, 0.1) is 12.3 Å². The highest BCUT2D eigenvalue weighted by atomic mass is 35.5. The molecule has 2 atom stereocenters. The Bertz CT molecular complexity index is 59.2. The van der Waals surface area contributed by atoms with E-state index in [0.717, 1.165) is 5.92 Å². The van der Waals surface area contributed by atoms with Crippen LogP contribution in [0.3, 0.4) is 0 Å². The summed E-state index contributed by atoms with van der Waals surface area (Å²) in [6, 6.07) is 0. The van der Waals surface area contributed by atoms with Gasteiger partial charge in [0.25, 0.3) is 0 Å². The molecule has 0 saturated heterocycles. The Kier molecular flexibility index (Phi) is 1.58. The summed E-state index contributed by atoms with van der Waals surface area (Å²) < 4.78 is 0. The zero-order valence-electron chi connectivity index (χ0n) is 4.52. The first-order chi connectivity index (χ1) is 3.34. The molecule has 1 aliphatic carbocycles. The van der Waals surface area contributed by atoms with Crippen LogP contribution in [-0.2, 0) is 0 Å². The van der Waals surface area contributed by atoms with Gasteiger partial charge in [0.2, 0.25) is 0 Å². The van der Waals surface area contributed by atoms with Crippen LogP contribution in [0.2, 0.25) is 0 Å². The molecule has 0 amide bonds. The van der Waals surface area contributed by atoms with Crippen molar-refractivity contribution in [2.75, 3.05) is 0 Å². The molecule has 41 valence electrons. The van der Waals surface area contributed by atoms with Crippen LogP contribution in [0.15, 0.2) is 0 Å². The molecule has 0 aromatic carbocycles. The summed E-state index contributed by atoms with van der Waals surface area (Å²) in [5, 5.41) is 0.463. The highest BCUT2D eigenvalue weighted by Crippen LogP contribution is 2.33. The molecule has 0 aromatic rings. The van der Waals surface area contributed by atoms with Crippen molar-refractivity contribution in [2.24, 2.45) is 5.92 Å². The minimum absolute atomic E-state index is 0.463. The zero-order valence-corrected chi connectivity index (χ0v) is 5.28. The van der Waals surface area contributed by atoms with Gasteiger partial charge in [-0.2, -0.15) is 0 Å². The molecular weight excluding hydrogens is 108 g/mol. The lowest BCUT2D eigenvalue weighted by atomic mass is 9.83. The van der Waals surface area contributed by atoms with Gasteiger partial charge in [0, 0.05) is 5.38 Å². The lowest BCUT2D eigenvalue weighted by Crippen LogP contribution is -2.25. The van der Waals surface area contributed by atoms with Gasteiger partial charge in [-0.25, -0.2) is 0 Å². The molecule has 1 aliphatic rings. The molecule has 0 N–H and O–H groups in total. The van der Waals surface area contributed by atoms with Gasteiger partial charge in [-0.1, -0.05) is 6.92 Å².